The maximum Gasteiger partial charge on any atom is 0.0854 e. The second-order valence-electron chi connectivity index (χ2n) is 3.92. The maximum atomic E-state index is 8.82. The van der Waals surface area contributed by atoms with Gasteiger partial charge in [0.05, 0.1) is 17.6 Å². The minimum atomic E-state index is 0.103. The molecule has 1 aromatic carbocycles. The molecule has 2 rings (SSSR count). The van der Waals surface area contributed by atoms with Crippen LogP contribution in [0.2, 0.25) is 0 Å². The molecule has 0 aliphatic rings. The van der Waals surface area contributed by atoms with Crippen molar-refractivity contribution in [3.63, 3.8) is 0 Å². The first-order valence-corrected chi connectivity index (χ1v) is 5.30. The summed E-state index contributed by atoms with van der Waals surface area (Å²) < 4.78 is 1.76. The molecule has 84 valence electrons. The van der Waals surface area contributed by atoms with E-state index >= 15 is 0 Å². The molecule has 16 heavy (non-hydrogen) atoms. The molecule has 1 aromatic heterocycles. The Morgan fingerprint density at radius 1 is 1.31 bits per heavy atom. The molecule has 4 nitrogen and oxygen atoms in total. The topological polar surface area (TPSA) is 50.9 Å². The van der Waals surface area contributed by atoms with Crippen LogP contribution in [0.5, 0.6) is 0 Å². The average Bonchev–Trinajstić information content (AvgIpc) is 2.71. The Morgan fingerprint density at radius 2 is 2.12 bits per heavy atom. The fourth-order valence-electron chi connectivity index (χ4n) is 1.61. The lowest BCUT2D eigenvalue weighted by molar-refractivity contribution is 0.298. The Kier molecular flexibility index (Phi) is 3.01. The molecule has 0 atom stereocenters. The minimum Gasteiger partial charge on any atom is -0.396 e. The summed E-state index contributed by atoms with van der Waals surface area (Å²) in [5, 5.41) is 16.9. The van der Waals surface area contributed by atoms with E-state index in [0.29, 0.717) is 6.42 Å². The van der Waals surface area contributed by atoms with Crippen LogP contribution in [-0.4, -0.2) is 26.7 Å². The number of hydrogen-bond donors (Lipinski definition) is 1. The van der Waals surface area contributed by atoms with E-state index in [1.54, 1.807) is 4.68 Å². The summed E-state index contributed by atoms with van der Waals surface area (Å²) in [6, 6.07) is 6.22. The molecular formula is C12H15N3O. The summed E-state index contributed by atoms with van der Waals surface area (Å²) in [6.45, 7) is 4.20. The van der Waals surface area contributed by atoms with Gasteiger partial charge in [-0.25, -0.2) is 4.68 Å². The lowest BCUT2D eigenvalue weighted by Crippen LogP contribution is -1.98. The van der Waals surface area contributed by atoms with E-state index in [0.717, 1.165) is 16.9 Å². The van der Waals surface area contributed by atoms with Gasteiger partial charge in [0.15, 0.2) is 0 Å². The minimum absolute atomic E-state index is 0.103. The highest BCUT2D eigenvalue weighted by atomic mass is 16.3. The van der Waals surface area contributed by atoms with Gasteiger partial charge in [-0.2, -0.15) is 0 Å². The van der Waals surface area contributed by atoms with Gasteiger partial charge in [-0.3, -0.25) is 0 Å². The molecule has 0 saturated heterocycles. The molecule has 1 heterocycles. The largest absolute Gasteiger partial charge is 0.396 e. The normalized spacial score (nSPS) is 10.7. The van der Waals surface area contributed by atoms with Gasteiger partial charge in [-0.05, 0) is 31.0 Å². The second kappa shape index (κ2) is 4.45. The van der Waals surface area contributed by atoms with Gasteiger partial charge in [-0.15, -0.1) is 5.10 Å². The van der Waals surface area contributed by atoms with E-state index in [2.05, 4.69) is 35.4 Å². The third-order valence-corrected chi connectivity index (χ3v) is 2.52. The van der Waals surface area contributed by atoms with Crippen LogP contribution in [0.4, 0.5) is 0 Å². The number of nitrogens with zero attached hydrogens (tertiary/aromatic N) is 3. The van der Waals surface area contributed by atoms with Crippen LogP contribution >= 0.6 is 0 Å². The van der Waals surface area contributed by atoms with Crippen molar-refractivity contribution in [1.29, 1.82) is 0 Å². The first-order valence-electron chi connectivity index (χ1n) is 5.30. The van der Waals surface area contributed by atoms with E-state index in [4.69, 9.17) is 5.11 Å². The van der Waals surface area contributed by atoms with Crippen LogP contribution in [0.3, 0.4) is 0 Å². The Morgan fingerprint density at radius 3 is 2.88 bits per heavy atom. The quantitative estimate of drug-likeness (QED) is 0.846. The Labute approximate surface area is 94.5 Å². The summed E-state index contributed by atoms with van der Waals surface area (Å²) in [7, 11) is 0. The van der Waals surface area contributed by atoms with E-state index in [9.17, 15) is 0 Å². The lowest BCUT2D eigenvalue weighted by atomic mass is 10.1. The summed E-state index contributed by atoms with van der Waals surface area (Å²) in [6.07, 6.45) is 2.41. The molecule has 0 unspecified atom stereocenters. The number of aliphatic hydroxyl groups is 1. The van der Waals surface area contributed by atoms with Crippen LogP contribution in [0.1, 0.15) is 16.8 Å². The van der Waals surface area contributed by atoms with E-state index in [1.807, 2.05) is 13.1 Å². The molecule has 0 saturated carbocycles. The second-order valence-corrected chi connectivity index (χ2v) is 3.92. The van der Waals surface area contributed by atoms with E-state index in [-0.39, 0.29) is 6.61 Å². The van der Waals surface area contributed by atoms with Crippen LogP contribution in [0, 0.1) is 13.8 Å². The number of aromatic nitrogens is 3. The highest BCUT2D eigenvalue weighted by Gasteiger charge is 2.05. The first-order chi connectivity index (χ1) is 7.70. The third-order valence-electron chi connectivity index (χ3n) is 2.52. The lowest BCUT2D eigenvalue weighted by Gasteiger charge is -2.05. The summed E-state index contributed by atoms with van der Waals surface area (Å²) in [4.78, 5) is 0. The molecule has 0 amide bonds. The van der Waals surface area contributed by atoms with Crippen molar-refractivity contribution in [2.75, 3.05) is 6.61 Å². The zero-order valence-electron chi connectivity index (χ0n) is 9.51. The Balaban J connectivity index is 2.38. The van der Waals surface area contributed by atoms with Gasteiger partial charge < -0.3 is 5.11 Å². The number of rotatable bonds is 3. The van der Waals surface area contributed by atoms with Crippen LogP contribution in [0.15, 0.2) is 24.4 Å². The summed E-state index contributed by atoms with van der Waals surface area (Å²) in [5.41, 5.74) is 4.20. The Bertz CT molecular complexity index is 491. The number of hydrogen-bond acceptors (Lipinski definition) is 3. The van der Waals surface area contributed by atoms with Crippen molar-refractivity contribution < 1.29 is 5.11 Å². The van der Waals surface area contributed by atoms with Crippen LogP contribution in [0.25, 0.3) is 5.69 Å². The number of benzene rings is 1. The molecule has 1 N–H and O–H groups in total. The smallest absolute Gasteiger partial charge is 0.0854 e. The van der Waals surface area contributed by atoms with Gasteiger partial charge in [0.2, 0.25) is 0 Å². The van der Waals surface area contributed by atoms with Crippen molar-refractivity contribution in [2.45, 2.75) is 20.3 Å². The monoisotopic (exact) mass is 217 g/mol. The van der Waals surface area contributed by atoms with Gasteiger partial charge in [0.1, 0.15) is 0 Å². The zero-order chi connectivity index (χ0) is 11.5. The first kappa shape index (κ1) is 10.8. The van der Waals surface area contributed by atoms with Gasteiger partial charge in [0.25, 0.3) is 0 Å². The molecular weight excluding hydrogens is 202 g/mol. The fraction of sp³-hybridized carbons (Fsp3) is 0.333. The van der Waals surface area contributed by atoms with Crippen molar-refractivity contribution in [2.24, 2.45) is 0 Å². The number of aliphatic hydroxyl groups excluding tert-OH is 1. The van der Waals surface area contributed by atoms with Crippen LogP contribution in [-0.2, 0) is 6.42 Å². The predicted molar refractivity (Wildman–Crippen MR) is 61.6 cm³/mol. The SMILES string of the molecule is Cc1ccc(C)c(-n2cc(CCO)nn2)c1. The summed E-state index contributed by atoms with van der Waals surface area (Å²) in [5.74, 6) is 0. The molecule has 0 radical (unpaired) electrons. The van der Waals surface area contributed by atoms with Crippen LogP contribution < -0.4 is 0 Å². The molecule has 0 fully saturated rings. The van der Waals surface area contributed by atoms with Crippen molar-refractivity contribution in [3.8, 4) is 5.69 Å². The Hall–Kier alpha value is -1.68. The third kappa shape index (κ3) is 2.12. The molecule has 0 spiro atoms. The van der Waals surface area contributed by atoms with Crippen molar-refractivity contribution >= 4 is 0 Å². The fourth-order valence-corrected chi connectivity index (χ4v) is 1.61. The molecule has 2 aromatic rings. The molecule has 4 heteroatoms. The highest BCUT2D eigenvalue weighted by molar-refractivity contribution is 5.42. The van der Waals surface area contributed by atoms with E-state index in [1.165, 1.54) is 5.56 Å². The molecule has 0 bridgehead atoms. The highest BCUT2D eigenvalue weighted by Crippen LogP contribution is 2.14. The standard InChI is InChI=1S/C12H15N3O/c1-9-3-4-10(2)12(7-9)15-8-11(5-6-16)13-14-15/h3-4,7-8,16H,5-6H2,1-2H3. The van der Waals surface area contributed by atoms with Gasteiger partial charge >= 0.3 is 0 Å². The summed E-state index contributed by atoms with van der Waals surface area (Å²) >= 11 is 0. The maximum absolute atomic E-state index is 8.82. The van der Waals surface area contributed by atoms with Gasteiger partial charge in [-0.1, -0.05) is 17.3 Å². The van der Waals surface area contributed by atoms with E-state index < -0.39 is 0 Å². The van der Waals surface area contributed by atoms with Crippen molar-refractivity contribution in [1.82, 2.24) is 15.0 Å². The predicted octanol–water partition coefficient (Wildman–Crippen LogP) is 1.42. The zero-order valence-corrected chi connectivity index (χ0v) is 9.51. The van der Waals surface area contributed by atoms with Gasteiger partial charge in [0, 0.05) is 13.0 Å². The average molecular weight is 217 g/mol. The van der Waals surface area contributed by atoms with Crippen molar-refractivity contribution in [3.05, 3.63) is 41.2 Å². The molecule has 0 aliphatic heterocycles. The molecule has 0 aliphatic carbocycles. The number of aryl methyl sites for hydroxylation is 2.